The van der Waals surface area contributed by atoms with E-state index in [0.717, 1.165) is 23.5 Å². The van der Waals surface area contributed by atoms with Crippen LogP contribution < -0.4 is 4.74 Å². The highest BCUT2D eigenvalue weighted by atomic mass is 16.5. The zero-order valence-corrected chi connectivity index (χ0v) is 12.8. The van der Waals surface area contributed by atoms with Crippen molar-refractivity contribution < 1.29 is 14.6 Å². The summed E-state index contributed by atoms with van der Waals surface area (Å²) >= 11 is 0. The maximum Gasteiger partial charge on any atom is 0.325 e. The van der Waals surface area contributed by atoms with Crippen LogP contribution in [-0.2, 0) is 17.8 Å². The van der Waals surface area contributed by atoms with Crippen LogP contribution in [0.1, 0.15) is 12.1 Å². The number of carboxylic acid groups (broad SMARTS) is 1. The van der Waals surface area contributed by atoms with Gasteiger partial charge in [-0.05, 0) is 31.0 Å². The molecule has 0 saturated carbocycles. The first-order valence-corrected chi connectivity index (χ1v) is 7.40. The van der Waals surface area contributed by atoms with Crippen LogP contribution >= 0.6 is 0 Å². The first kappa shape index (κ1) is 15.7. The van der Waals surface area contributed by atoms with Gasteiger partial charge in [-0.1, -0.05) is 5.21 Å². The van der Waals surface area contributed by atoms with Gasteiger partial charge < -0.3 is 9.84 Å². The van der Waals surface area contributed by atoms with Crippen LogP contribution in [0, 0.1) is 0 Å². The van der Waals surface area contributed by atoms with E-state index in [0.29, 0.717) is 18.8 Å². The summed E-state index contributed by atoms with van der Waals surface area (Å²) in [5.41, 5.74) is 2.40. The molecular weight excluding hydrogens is 312 g/mol. The maximum absolute atomic E-state index is 10.6. The molecule has 3 aromatic rings. The molecule has 0 fully saturated rings. The Labute approximate surface area is 137 Å². The molecule has 9 heteroatoms. The van der Waals surface area contributed by atoms with E-state index in [1.165, 1.54) is 4.68 Å². The Morgan fingerprint density at radius 2 is 2.25 bits per heavy atom. The van der Waals surface area contributed by atoms with Crippen molar-refractivity contribution in [3.63, 3.8) is 0 Å². The molecule has 0 spiro atoms. The van der Waals surface area contributed by atoms with Crippen molar-refractivity contribution in [1.82, 2.24) is 30.2 Å². The molecule has 0 aliphatic carbocycles. The SMILES string of the molecule is O=C(O)Cn1cc(CCCOc2ccc(-c3ccn[nH]3)nc2)nn1. The number of aryl methyl sites for hydroxylation is 1. The van der Waals surface area contributed by atoms with Gasteiger partial charge in [0, 0.05) is 12.4 Å². The minimum absolute atomic E-state index is 0.183. The molecule has 0 aliphatic heterocycles. The van der Waals surface area contributed by atoms with E-state index in [4.69, 9.17) is 9.84 Å². The number of hydrogen-bond donors (Lipinski definition) is 2. The molecule has 3 rings (SSSR count). The second kappa shape index (κ2) is 7.36. The highest BCUT2D eigenvalue weighted by Gasteiger charge is 2.05. The number of ether oxygens (including phenoxy) is 1. The van der Waals surface area contributed by atoms with Gasteiger partial charge >= 0.3 is 5.97 Å². The summed E-state index contributed by atoms with van der Waals surface area (Å²) in [7, 11) is 0. The lowest BCUT2D eigenvalue weighted by atomic mass is 10.2. The third-order valence-electron chi connectivity index (χ3n) is 3.24. The van der Waals surface area contributed by atoms with Gasteiger partial charge in [0.2, 0.25) is 0 Å². The van der Waals surface area contributed by atoms with Crippen molar-refractivity contribution in [2.45, 2.75) is 19.4 Å². The Bertz CT molecular complexity index is 782. The molecule has 24 heavy (non-hydrogen) atoms. The Balaban J connectivity index is 1.43. The maximum atomic E-state index is 10.6. The van der Waals surface area contributed by atoms with Crippen LogP contribution in [0.4, 0.5) is 0 Å². The third-order valence-corrected chi connectivity index (χ3v) is 3.24. The zero-order valence-electron chi connectivity index (χ0n) is 12.8. The summed E-state index contributed by atoms with van der Waals surface area (Å²) in [6, 6.07) is 5.56. The van der Waals surface area contributed by atoms with Crippen molar-refractivity contribution in [1.29, 1.82) is 0 Å². The van der Waals surface area contributed by atoms with E-state index in [9.17, 15) is 4.79 Å². The number of nitrogens with one attached hydrogen (secondary N) is 1. The van der Waals surface area contributed by atoms with E-state index >= 15 is 0 Å². The van der Waals surface area contributed by atoms with Crippen molar-refractivity contribution in [2.24, 2.45) is 0 Å². The van der Waals surface area contributed by atoms with Gasteiger partial charge in [0.15, 0.2) is 0 Å². The van der Waals surface area contributed by atoms with Crippen LogP contribution in [0.2, 0.25) is 0 Å². The summed E-state index contributed by atoms with van der Waals surface area (Å²) in [6.07, 6.45) is 6.38. The van der Waals surface area contributed by atoms with E-state index in [-0.39, 0.29) is 6.54 Å². The molecule has 0 aromatic carbocycles. The lowest BCUT2D eigenvalue weighted by molar-refractivity contribution is -0.137. The Morgan fingerprint density at radius 3 is 2.96 bits per heavy atom. The zero-order chi connectivity index (χ0) is 16.8. The molecule has 9 nitrogen and oxygen atoms in total. The van der Waals surface area contributed by atoms with Gasteiger partial charge in [-0.2, -0.15) is 5.10 Å². The largest absolute Gasteiger partial charge is 0.492 e. The van der Waals surface area contributed by atoms with Crippen LogP contribution in [-0.4, -0.2) is 47.9 Å². The minimum atomic E-state index is -0.944. The quantitative estimate of drug-likeness (QED) is 0.595. The van der Waals surface area contributed by atoms with E-state index in [1.54, 1.807) is 18.6 Å². The molecular formula is C15H16N6O3. The fraction of sp³-hybridized carbons (Fsp3) is 0.267. The summed E-state index contributed by atoms with van der Waals surface area (Å²) in [6.45, 7) is 0.328. The number of carbonyl (C=O) groups is 1. The van der Waals surface area contributed by atoms with Crippen molar-refractivity contribution >= 4 is 5.97 Å². The van der Waals surface area contributed by atoms with Gasteiger partial charge in [-0.25, -0.2) is 4.68 Å². The van der Waals surface area contributed by atoms with E-state index in [1.807, 2.05) is 18.2 Å². The molecule has 0 bridgehead atoms. The number of H-pyrrole nitrogens is 1. The van der Waals surface area contributed by atoms with Crippen molar-refractivity contribution in [3.8, 4) is 17.1 Å². The number of carboxylic acids is 1. The number of nitrogens with zero attached hydrogens (tertiary/aromatic N) is 5. The van der Waals surface area contributed by atoms with Crippen LogP contribution in [0.5, 0.6) is 5.75 Å². The molecule has 0 unspecified atom stereocenters. The molecule has 3 aromatic heterocycles. The minimum Gasteiger partial charge on any atom is -0.492 e. The molecule has 0 saturated heterocycles. The van der Waals surface area contributed by atoms with Gasteiger partial charge in [-0.3, -0.25) is 14.9 Å². The highest BCUT2D eigenvalue weighted by Crippen LogP contribution is 2.17. The van der Waals surface area contributed by atoms with Crippen LogP contribution in [0.15, 0.2) is 36.8 Å². The van der Waals surface area contributed by atoms with E-state index in [2.05, 4.69) is 25.5 Å². The lowest BCUT2D eigenvalue weighted by Crippen LogP contribution is -2.08. The lowest BCUT2D eigenvalue weighted by Gasteiger charge is -2.05. The first-order valence-electron chi connectivity index (χ1n) is 7.40. The number of rotatable bonds is 8. The van der Waals surface area contributed by atoms with Crippen LogP contribution in [0.3, 0.4) is 0 Å². The summed E-state index contributed by atoms with van der Waals surface area (Å²) < 4.78 is 6.94. The number of aromatic amines is 1. The van der Waals surface area contributed by atoms with Crippen molar-refractivity contribution in [3.05, 3.63) is 42.5 Å². The smallest absolute Gasteiger partial charge is 0.325 e. The fourth-order valence-corrected chi connectivity index (χ4v) is 2.14. The Kier molecular flexibility index (Phi) is 4.80. The average molecular weight is 328 g/mol. The predicted molar refractivity (Wildman–Crippen MR) is 83.3 cm³/mol. The number of hydrogen-bond acceptors (Lipinski definition) is 6. The topological polar surface area (TPSA) is 119 Å². The number of aliphatic carboxylic acids is 1. The normalized spacial score (nSPS) is 10.7. The summed E-state index contributed by atoms with van der Waals surface area (Å²) in [5, 5.41) is 23.1. The Morgan fingerprint density at radius 1 is 1.33 bits per heavy atom. The standard InChI is InChI=1S/C15H16N6O3/c22-15(23)10-21-9-11(18-20-21)2-1-7-24-12-3-4-13(16-8-12)14-5-6-17-19-14/h3-6,8-9H,1-2,7,10H2,(H,17,19)(H,22,23). The predicted octanol–water partition coefficient (Wildman–Crippen LogP) is 1.16. The fourth-order valence-electron chi connectivity index (χ4n) is 2.14. The van der Waals surface area contributed by atoms with Crippen molar-refractivity contribution in [2.75, 3.05) is 6.61 Å². The molecule has 0 aliphatic rings. The molecule has 2 N–H and O–H groups in total. The molecule has 3 heterocycles. The Hall–Kier alpha value is -3.23. The average Bonchev–Trinajstić information content (AvgIpc) is 3.24. The number of aromatic nitrogens is 6. The van der Waals surface area contributed by atoms with Gasteiger partial charge in [-0.15, -0.1) is 5.10 Å². The molecule has 0 amide bonds. The molecule has 0 atom stereocenters. The van der Waals surface area contributed by atoms with Gasteiger partial charge in [0.25, 0.3) is 0 Å². The second-order valence-corrected chi connectivity index (χ2v) is 5.10. The molecule has 0 radical (unpaired) electrons. The van der Waals surface area contributed by atoms with Gasteiger partial charge in [0.1, 0.15) is 12.3 Å². The van der Waals surface area contributed by atoms with Gasteiger partial charge in [0.05, 0.1) is 29.9 Å². The summed E-state index contributed by atoms with van der Waals surface area (Å²) in [5.74, 6) is -0.256. The summed E-state index contributed by atoms with van der Waals surface area (Å²) in [4.78, 5) is 14.9. The number of pyridine rings is 1. The van der Waals surface area contributed by atoms with E-state index < -0.39 is 5.97 Å². The monoisotopic (exact) mass is 328 g/mol. The second-order valence-electron chi connectivity index (χ2n) is 5.10. The highest BCUT2D eigenvalue weighted by molar-refractivity contribution is 5.66. The van der Waals surface area contributed by atoms with Crippen LogP contribution in [0.25, 0.3) is 11.4 Å². The first-order chi connectivity index (χ1) is 11.7. The third kappa shape index (κ3) is 4.15. The molecule has 124 valence electrons.